The van der Waals surface area contributed by atoms with E-state index in [-0.39, 0.29) is 11.9 Å². The predicted octanol–water partition coefficient (Wildman–Crippen LogP) is 5.70. The zero-order valence-electron chi connectivity index (χ0n) is 11.3. The van der Waals surface area contributed by atoms with Crippen molar-refractivity contribution in [3.8, 4) is 0 Å². The van der Waals surface area contributed by atoms with Gasteiger partial charge < -0.3 is 5.32 Å². The number of hydrogen-bond acceptors (Lipinski definition) is 2. The highest BCUT2D eigenvalue weighted by Gasteiger charge is 2.19. The van der Waals surface area contributed by atoms with Gasteiger partial charge in [0, 0.05) is 9.90 Å². The third-order valence-electron chi connectivity index (χ3n) is 3.03. The highest BCUT2D eigenvalue weighted by molar-refractivity contribution is 9.11. The summed E-state index contributed by atoms with van der Waals surface area (Å²) in [5, 5.41) is 3.94. The van der Waals surface area contributed by atoms with E-state index in [4.69, 9.17) is 11.6 Å². The van der Waals surface area contributed by atoms with Crippen molar-refractivity contribution >= 4 is 38.9 Å². The van der Waals surface area contributed by atoms with E-state index < -0.39 is 0 Å². The zero-order valence-corrected chi connectivity index (χ0v) is 14.5. The van der Waals surface area contributed by atoms with Crippen molar-refractivity contribution in [2.75, 3.05) is 6.54 Å². The van der Waals surface area contributed by atoms with Crippen LogP contribution in [0.15, 0.2) is 28.1 Å². The van der Waals surface area contributed by atoms with E-state index in [9.17, 15) is 4.39 Å². The Morgan fingerprint density at radius 2 is 2.15 bits per heavy atom. The van der Waals surface area contributed by atoms with E-state index in [1.165, 1.54) is 22.6 Å². The average molecular weight is 377 g/mol. The fourth-order valence-electron chi connectivity index (χ4n) is 2.01. The molecule has 0 aliphatic carbocycles. The summed E-state index contributed by atoms with van der Waals surface area (Å²) in [5.74, 6) is -0.309. The fourth-order valence-corrected chi connectivity index (χ4v) is 3.96. The van der Waals surface area contributed by atoms with Crippen LogP contribution in [0.2, 0.25) is 5.02 Å². The minimum Gasteiger partial charge on any atom is -0.306 e. The lowest BCUT2D eigenvalue weighted by Gasteiger charge is -2.19. The Kier molecular flexibility index (Phi) is 5.61. The van der Waals surface area contributed by atoms with E-state index in [1.54, 1.807) is 17.4 Å². The van der Waals surface area contributed by atoms with Crippen molar-refractivity contribution in [1.82, 2.24) is 5.32 Å². The Morgan fingerprint density at radius 1 is 1.40 bits per heavy atom. The minimum absolute atomic E-state index is 0.00181. The summed E-state index contributed by atoms with van der Waals surface area (Å²) in [6.07, 6.45) is 1.03. The lowest BCUT2D eigenvalue weighted by atomic mass is 10.0. The van der Waals surface area contributed by atoms with Crippen LogP contribution in [0.1, 0.15) is 35.4 Å². The second-order valence-corrected chi connectivity index (χ2v) is 7.47. The third kappa shape index (κ3) is 3.61. The van der Waals surface area contributed by atoms with Crippen LogP contribution in [-0.4, -0.2) is 6.54 Å². The zero-order chi connectivity index (χ0) is 14.7. The standard InChI is InChI=1S/C15H16BrClFNS/c1-3-6-19-14(13-7-9(2)15(16)20-13)11-5-4-10(18)8-12(11)17/h4-5,7-8,14,19H,3,6H2,1-2H3. The van der Waals surface area contributed by atoms with E-state index >= 15 is 0 Å². The van der Waals surface area contributed by atoms with Crippen LogP contribution < -0.4 is 5.32 Å². The van der Waals surface area contributed by atoms with Crippen molar-refractivity contribution in [1.29, 1.82) is 0 Å². The molecule has 0 saturated carbocycles. The van der Waals surface area contributed by atoms with Gasteiger partial charge >= 0.3 is 0 Å². The van der Waals surface area contributed by atoms with Gasteiger partial charge in [-0.15, -0.1) is 11.3 Å². The van der Waals surface area contributed by atoms with Gasteiger partial charge in [-0.3, -0.25) is 0 Å². The molecular weight excluding hydrogens is 361 g/mol. The molecule has 0 fully saturated rings. The molecule has 1 nitrogen and oxygen atoms in total. The summed E-state index contributed by atoms with van der Waals surface area (Å²) in [7, 11) is 0. The molecule has 2 rings (SSSR count). The van der Waals surface area contributed by atoms with Gasteiger partial charge in [0.25, 0.3) is 0 Å². The van der Waals surface area contributed by atoms with Crippen LogP contribution in [0.4, 0.5) is 4.39 Å². The van der Waals surface area contributed by atoms with Gasteiger partial charge in [0.05, 0.1) is 9.83 Å². The molecule has 5 heteroatoms. The van der Waals surface area contributed by atoms with Gasteiger partial charge in [0.1, 0.15) is 5.82 Å². The Hall–Kier alpha value is -0.420. The number of thiophene rings is 1. The molecular formula is C15H16BrClFNS. The second-order valence-electron chi connectivity index (χ2n) is 4.66. The maximum atomic E-state index is 13.2. The SMILES string of the molecule is CCCNC(c1cc(C)c(Br)s1)c1ccc(F)cc1Cl. The highest BCUT2D eigenvalue weighted by atomic mass is 79.9. The van der Waals surface area contributed by atoms with Crippen LogP contribution >= 0.6 is 38.9 Å². The number of aryl methyl sites for hydroxylation is 1. The molecule has 108 valence electrons. The first kappa shape index (κ1) is 16.0. The summed E-state index contributed by atoms with van der Waals surface area (Å²) in [6.45, 7) is 5.06. The van der Waals surface area contributed by atoms with Crippen LogP contribution in [0.3, 0.4) is 0 Å². The monoisotopic (exact) mass is 375 g/mol. The molecule has 0 saturated heterocycles. The number of benzene rings is 1. The van der Waals surface area contributed by atoms with Crippen LogP contribution in [0.5, 0.6) is 0 Å². The molecule has 0 aliphatic rings. The molecule has 1 heterocycles. The predicted molar refractivity (Wildman–Crippen MR) is 88.3 cm³/mol. The summed E-state index contributed by atoms with van der Waals surface area (Å²) < 4.78 is 14.3. The molecule has 1 N–H and O–H groups in total. The largest absolute Gasteiger partial charge is 0.306 e. The smallest absolute Gasteiger partial charge is 0.124 e. The molecule has 1 unspecified atom stereocenters. The van der Waals surface area contributed by atoms with Gasteiger partial charge in [-0.2, -0.15) is 0 Å². The topological polar surface area (TPSA) is 12.0 Å². The fraction of sp³-hybridized carbons (Fsp3) is 0.333. The van der Waals surface area contributed by atoms with Crippen molar-refractivity contribution in [3.63, 3.8) is 0 Å². The van der Waals surface area contributed by atoms with E-state index in [2.05, 4.69) is 41.2 Å². The number of hydrogen-bond donors (Lipinski definition) is 1. The van der Waals surface area contributed by atoms with Crippen molar-refractivity contribution in [3.05, 3.63) is 54.9 Å². The van der Waals surface area contributed by atoms with E-state index in [1.807, 2.05) is 0 Å². The quantitative estimate of drug-likeness (QED) is 0.705. The maximum absolute atomic E-state index is 13.2. The normalized spacial score (nSPS) is 12.7. The minimum atomic E-state index is -0.309. The van der Waals surface area contributed by atoms with Gasteiger partial charge in [-0.25, -0.2) is 4.39 Å². The van der Waals surface area contributed by atoms with Gasteiger partial charge in [0.2, 0.25) is 0 Å². The van der Waals surface area contributed by atoms with Gasteiger partial charge in [-0.05, 0) is 65.1 Å². The van der Waals surface area contributed by atoms with E-state index in [0.29, 0.717) is 5.02 Å². The molecule has 1 aromatic heterocycles. The molecule has 1 aromatic carbocycles. The van der Waals surface area contributed by atoms with Crippen molar-refractivity contribution < 1.29 is 4.39 Å². The maximum Gasteiger partial charge on any atom is 0.124 e. The highest BCUT2D eigenvalue weighted by Crippen LogP contribution is 2.36. The summed E-state index contributed by atoms with van der Waals surface area (Å²) in [4.78, 5) is 1.18. The Morgan fingerprint density at radius 3 is 2.70 bits per heavy atom. The van der Waals surface area contributed by atoms with Crippen molar-refractivity contribution in [2.24, 2.45) is 0 Å². The second kappa shape index (κ2) is 7.03. The molecule has 0 spiro atoms. The Balaban J connectivity index is 2.41. The number of halogens is 3. The summed E-state index contributed by atoms with van der Waals surface area (Å²) in [5.41, 5.74) is 2.11. The van der Waals surface area contributed by atoms with Gasteiger partial charge in [-0.1, -0.05) is 24.6 Å². The molecule has 0 amide bonds. The average Bonchev–Trinajstić information content (AvgIpc) is 2.72. The molecule has 0 aliphatic heterocycles. The summed E-state index contributed by atoms with van der Waals surface area (Å²) >= 11 is 11.4. The molecule has 0 radical (unpaired) electrons. The number of rotatable bonds is 5. The first-order valence-corrected chi connectivity index (χ1v) is 8.45. The molecule has 1 atom stereocenters. The van der Waals surface area contributed by atoms with Crippen LogP contribution in [-0.2, 0) is 0 Å². The van der Waals surface area contributed by atoms with E-state index in [0.717, 1.165) is 22.3 Å². The third-order valence-corrected chi connectivity index (χ3v) is 5.56. The molecule has 20 heavy (non-hydrogen) atoms. The van der Waals surface area contributed by atoms with Crippen molar-refractivity contribution in [2.45, 2.75) is 26.3 Å². The van der Waals surface area contributed by atoms with Crippen LogP contribution in [0, 0.1) is 12.7 Å². The first-order valence-electron chi connectivity index (χ1n) is 6.47. The first-order chi connectivity index (χ1) is 9.52. The Labute approximate surface area is 136 Å². The van der Waals surface area contributed by atoms with Crippen LogP contribution in [0.25, 0.3) is 0 Å². The Bertz CT molecular complexity index is 580. The summed E-state index contributed by atoms with van der Waals surface area (Å²) in [6, 6.07) is 6.72. The molecule has 2 aromatic rings. The lowest BCUT2D eigenvalue weighted by Crippen LogP contribution is -2.22. The van der Waals surface area contributed by atoms with Gasteiger partial charge in [0.15, 0.2) is 0 Å². The molecule has 0 bridgehead atoms. The lowest BCUT2D eigenvalue weighted by molar-refractivity contribution is 0.599. The number of nitrogens with one attached hydrogen (secondary N) is 1.